The van der Waals surface area contributed by atoms with Crippen LogP contribution in [0.4, 0.5) is 0 Å². The highest BCUT2D eigenvalue weighted by molar-refractivity contribution is 7.89. The third-order valence-corrected chi connectivity index (χ3v) is 4.79. The van der Waals surface area contributed by atoms with Gasteiger partial charge in [-0.1, -0.05) is 31.5 Å². The number of carbonyl (C=O) groups excluding carboxylic acids is 1. The van der Waals surface area contributed by atoms with Crippen molar-refractivity contribution in [1.82, 2.24) is 0 Å². The Morgan fingerprint density at radius 3 is 2.17 bits per heavy atom. The largest absolute Gasteiger partial charge is 0.454 e. The second kappa shape index (κ2) is 8.24. The van der Waals surface area contributed by atoms with E-state index in [9.17, 15) is 13.2 Å². The van der Waals surface area contributed by atoms with E-state index in [1.54, 1.807) is 12.1 Å². The Hall–Kier alpha value is -1.70. The number of primary sulfonamides is 1. The van der Waals surface area contributed by atoms with Crippen molar-refractivity contribution in [3.63, 3.8) is 0 Å². The number of nitrogens with two attached hydrogens (primary N) is 1. The number of esters is 1. The van der Waals surface area contributed by atoms with Gasteiger partial charge < -0.3 is 4.74 Å². The van der Waals surface area contributed by atoms with Crippen LogP contribution in [0.1, 0.15) is 47.7 Å². The summed E-state index contributed by atoms with van der Waals surface area (Å²) in [7, 11) is -3.52. The Morgan fingerprint density at radius 1 is 1.13 bits per heavy atom. The summed E-state index contributed by atoms with van der Waals surface area (Å²) in [5.74, 6) is -0.169. The fourth-order valence-corrected chi connectivity index (χ4v) is 3.19. The number of carbonyl (C=O) groups is 1. The van der Waals surface area contributed by atoms with E-state index in [2.05, 4.69) is 0 Å². The Bertz CT molecular complexity index is 749. The van der Waals surface area contributed by atoms with Gasteiger partial charge in [0.25, 0.3) is 0 Å². The molecular weight excluding hydrogens is 334 g/mol. The molecule has 2 heterocycles. The molecule has 0 aliphatic carbocycles. The number of benzene rings is 1. The van der Waals surface area contributed by atoms with E-state index in [0.29, 0.717) is 0 Å². The quantitative estimate of drug-likeness (QED) is 0.791. The molecule has 3 rings (SSSR count). The van der Waals surface area contributed by atoms with E-state index in [0.717, 1.165) is 16.0 Å². The van der Waals surface area contributed by atoms with Gasteiger partial charge in [-0.15, -0.1) is 11.3 Å². The van der Waals surface area contributed by atoms with Crippen molar-refractivity contribution in [2.45, 2.75) is 38.7 Å². The van der Waals surface area contributed by atoms with Crippen LogP contribution in [-0.2, 0) is 14.8 Å². The lowest BCUT2D eigenvalue weighted by molar-refractivity contribution is 0.0424. The molecule has 0 amide bonds. The van der Waals surface area contributed by atoms with Gasteiger partial charge in [-0.2, -0.15) is 0 Å². The summed E-state index contributed by atoms with van der Waals surface area (Å²) in [5, 5.41) is 6.80. The summed E-state index contributed by atoms with van der Waals surface area (Å²) in [4.78, 5) is 11.9. The third-order valence-electron chi connectivity index (χ3n) is 2.95. The molecule has 0 radical (unpaired) electrons. The third kappa shape index (κ3) is 5.16. The second-order valence-electron chi connectivity index (χ2n) is 4.61. The van der Waals surface area contributed by atoms with Crippen molar-refractivity contribution in [3.8, 4) is 0 Å². The molecule has 2 aromatic rings. The highest BCUT2D eigenvalue weighted by Crippen LogP contribution is 2.33. The fraction of sp³-hybridized carbons (Fsp3) is 0.312. The summed E-state index contributed by atoms with van der Waals surface area (Å²) >= 11 is 1.45. The zero-order valence-corrected chi connectivity index (χ0v) is 15.2. The van der Waals surface area contributed by atoms with Crippen molar-refractivity contribution in [2.75, 3.05) is 0 Å². The van der Waals surface area contributed by atoms with Crippen LogP contribution in [0.3, 0.4) is 0 Å². The number of sulfonamides is 1. The molecule has 7 heteroatoms. The van der Waals surface area contributed by atoms with E-state index in [-0.39, 0.29) is 17.0 Å². The summed E-state index contributed by atoms with van der Waals surface area (Å²) in [6.07, 6.45) is -0.0336. The normalized spacial score (nSPS) is 15.5. The predicted molar refractivity (Wildman–Crippen MR) is 92.0 cm³/mol. The number of thiophene rings is 1. The molecule has 1 aliphatic rings. The number of hydrogen-bond acceptors (Lipinski definition) is 5. The molecule has 1 unspecified atom stereocenters. The minimum Gasteiger partial charge on any atom is -0.454 e. The second-order valence-corrected chi connectivity index (χ2v) is 7.09. The van der Waals surface area contributed by atoms with Crippen LogP contribution in [0.2, 0.25) is 0 Å². The van der Waals surface area contributed by atoms with Crippen LogP contribution >= 0.6 is 11.3 Å². The molecule has 23 heavy (non-hydrogen) atoms. The van der Waals surface area contributed by atoms with E-state index < -0.39 is 10.0 Å². The van der Waals surface area contributed by atoms with Crippen LogP contribution in [-0.4, -0.2) is 14.4 Å². The first-order valence-corrected chi connectivity index (χ1v) is 9.59. The van der Waals surface area contributed by atoms with E-state index in [1.165, 1.54) is 23.5 Å². The van der Waals surface area contributed by atoms with Gasteiger partial charge in [-0.05, 0) is 37.4 Å². The summed E-state index contributed by atoms with van der Waals surface area (Å²) in [6.45, 7) is 7.77. The maximum atomic E-state index is 10.9. The smallest absolute Gasteiger partial charge is 0.349 e. The van der Waals surface area contributed by atoms with Crippen molar-refractivity contribution in [2.24, 2.45) is 5.14 Å². The number of aryl methyl sites for hydroxylation is 1. The highest BCUT2D eigenvalue weighted by atomic mass is 32.2. The molecule has 0 saturated carbocycles. The van der Waals surface area contributed by atoms with Crippen molar-refractivity contribution in [3.05, 3.63) is 51.7 Å². The van der Waals surface area contributed by atoms with Gasteiger partial charge in [0, 0.05) is 5.56 Å². The van der Waals surface area contributed by atoms with Gasteiger partial charge in [0.05, 0.1) is 4.90 Å². The topological polar surface area (TPSA) is 86.5 Å². The molecular formula is C16H21NO4S2. The first kappa shape index (κ1) is 19.3. The number of fused-ring (bicyclic) bond motifs is 1. The zero-order chi connectivity index (χ0) is 17.6. The molecule has 1 atom stereocenters. The highest BCUT2D eigenvalue weighted by Gasteiger charge is 2.28. The zero-order valence-electron chi connectivity index (χ0n) is 13.6. The first-order valence-electron chi connectivity index (χ1n) is 7.17. The van der Waals surface area contributed by atoms with Crippen molar-refractivity contribution < 1.29 is 17.9 Å². The van der Waals surface area contributed by atoms with Gasteiger partial charge in [0.1, 0.15) is 11.0 Å². The van der Waals surface area contributed by atoms with Gasteiger partial charge in [-0.25, -0.2) is 18.4 Å². The molecule has 0 bridgehead atoms. The van der Waals surface area contributed by atoms with E-state index in [1.807, 2.05) is 39.1 Å². The van der Waals surface area contributed by atoms with E-state index >= 15 is 0 Å². The molecule has 2 N–H and O–H groups in total. The minimum absolute atomic E-state index is 0.0336. The Balaban J connectivity index is 0.000000208. The summed E-state index contributed by atoms with van der Waals surface area (Å²) in [6, 6.07) is 8.34. The molecule has 1 aromatic heterocycles. The monoisotopic (exact) mass is 355 g/mol. The van der Waals surface area contributed by atoms with Crippen LogP contribution in [0, 0.1) is 6.92 Å². The molecule has 1 aromatic carbocycles. The predicted octanol–water partition coefficient (Wildman–Crippen LogP) is 3.65. The number of rotatable bonds is 1. The van der Waals surface area contributed by atoms with Crippen molar-refractivity contribution >= 4 is 27.3 Å². The number of ether oxygens (including phenoxy) is 1. The Kier molecular flexibility index (Phi) is 6.93. The first-order chi connectivity index (χ1) is 10.8. The van der Waals surface area contributed by atoms with Crippen LogP contribution in [0.15, 0.2) is 40.6 Å². The standard InChI is InChI=1S/C7H9NO2S.C7H6O2S.C2H6/c1-6-2-4-7(5-3-6)11(8,9)10;1-4-5-2-3-10-6(5)7(8)9-4;1-2/h2-5H,1H3,(H2,8,9,10);2-4H,1H3;1-2H3. The number of hydrogen-bond donors (Lipinski definition) is 1. The molecule has 0 spiro atoms. The molecule has 126 valence electrons. The molecule has 0 saturated heterocycles. The van der Waals surface area contributed by atoms with E-state index in [4.69, 9.17) is 9.88 Å². The maximum absolute atomic E-state index is 10.9. The summed E-state index contributed by atoms with van der Waals surface area (Å²) in [5.41, 5.74) is 2.05. The maximum Gasteiger partial charge on any atom is 0.349 e. The van der Waals surface area contributed by atoms with Gasteiger partial charge in [0.2, 0.25) is 10.0 Å². The van der Waals surface area contributed by atoms with Crippen molar-refractivity contribution in [1.29, 1.82) is 0 Å². The fourth-order valence-electron chi connectivity index (χ4n) is 1.81. The molecule has 0 fully saturated rings. The average molecular weight is 355 g/mol. The Morgan fingerprint density at radius 2 is 1.70 bits per heavy atom. The SMILES string of the molecule is CC.CC1OC(=O)c2sccc21.Cc1ccc(S(N)(=O)=O)cc1. The van der Waals surface area contributed by atoms with Gasteiger partial charge >= 0.3 is 5.97 Å². The lowest BCUT2D eigenvalue weighted by Crippen LogP contribution is -2.11. The minimum atomic E-state index is -3.52. The molecule has 1 aliphatic heterocycles. The lowest BCUT2D eigenvalue weighted by atomic mass is 10.2. The Labute approximate surface area is 141 Å². The van der Waals surface area contributed by atoms with Crippen LogP contribution < -0.4 is 5.14 Å². The summed E-state index contributed by atoms with van der Waals surface area (Å²) < 4.78 is 26.4. The number of cyclic esters (lactones) is 1. The lowest BCUT2D eigenvalue weighted by Gasteiger charge is -1.98. The van der Waals surface area contributed by atoms with Crippen LogP contribution in [0.25, 0.3) is 0 Å². The van der Waals surface area contributed by atoms with Crippen LogP contribution in [0.5, 0.6) is 0 Å². The van der Waals surface area contributed by atoms with Gasteiger partial charge in [0.15, 0.2) is 0 Å². The molecule has 5 nitrogen and oxygen atoms in total. The van der Waals surface area contributed by atoms with Gasteiger partial charge in [-0.3, -0.25) is 0 Å². The average Bonchev–Trinajstić information content (AvgIpc) is 3.07.